The Morgan fingerprint density at radius 2 is 2.05 bits per heavy atom. The Labute approximate surface area is 127 Å². The Morgan fingerprint density at radius 1 is 1.29 bits per heavy atom. The maximum absolute atomic E-state index is 11.3. The van der Waals surface area contributed by atoms with E-state index >= 15 is 0 Å². The third kappa shape index (κ3) is 3.75. The van der Waals surface area contributed by atoms with Crippen molar-refractivity contribution in [3.8, 4) is 0 Å². The molecule has 0 unspecified atom stereocenters. The second-order valence-corrected chi connectivity index (χ2v) is 5.82. The Hall–Kier alpha value is -2.02. The van der Waals surface area contributed by atoms with Crippen molar-refractivity contribution in [1.29, 1.82) is 0 Å². The van der Waals surface area contributed by atoms with Crippen LogP contribution in [0.3, 0.4) is 0 Å². The van der Waals surface area contributed by atoms with E-state index in [1.54, 1.807) is 23.5 Å². The highest BCUT2D eigenvalue weighted by molar-refractivity contribution is 7.09. The van der Waals surface area contributed by atoms with Gasteiger partial charge in [-0.05, 0) is 19.1 Å². The normalized spacial score (nSPS) is 12.2. The van der Waals surface area contributed by atoms with Crippen LogP contribution in [0, 0.1) is 0 Å². The first kappa shape index (κ1) is 15.4. The van der Waals surface area contributed by atoms with E-state index in [0.29, 0.717) is 11.7 Å². The number of nitrogens with zero attached hydrogens (tertiary/aromatic N) is 3. The van der Waals surface area contributed by atoms with Gasteiger partial charge in [0.2, 0.25) is 0 Å². The average molecular weight is 306 g/mol. The topological polar surface area (TPSA) is 77.0 Å². The van der Waals surface area contributed by atoms with Crippen LogP contribution in [0.15, 0.2) is 17.5 Å². The predicted molar refractivity (Wildman–Crippen MR) is 81.6 cm³/mol. The molecule has 0 bridgehead atoms. The van der Waals surface area contributed by atoms with Gasteiger partial charge in [-0.1, -0.05) is 13.8 Å². The summed E-state index contributed by atoms with van der Waals surface area (Å²) >= 11 is 1.66. The van der Waals surface area contributed by atoms with Crippen LogP contribution in [0.5, 0.6) is 0 Å². The van der Waals surface area contributed by atoms with Crippen molar-refractivity contribution in [2.24, 2.45) is 0 Å². The van der Waals surface area contributed by atoms with Gasteiger partial charge >= 0.3 is 5.97 Å². The van der Waals surface area contributed by atoms with E-state index in [2.05, 4.69) is 39.1 Å². The van der Waals surface area contributed by atoms with Crippen molar-refractivity contribution < 1.29 is 9.53 Å². The molecule has 0 radical (unpaired) electrons. The molecule has 0 spiro atoms. The Bertz CT molecular complexity index is 610. The summed E-state index contributed by atoms with van der Waals surface area (Å²) in [5.41, 5.74) is 1.16. The van der Waals surface area contributed by atoms with Gasteiger partial charge in [0.15, 0.2) is 5.69 Å². The zero-order chi connectivity index (χ0) is 15.4. The first-order chi connectivity index (χ1) is 10.0. The SMILES string of the molecule is COC(=O)c1ccc(N[C@@H](C)c2csc(C(C)C)n2)nn1. The van der Waals surface area contributed by atoms with E-state index in [4.69, 9.17) is 0 Å². The van der Waals surface area contributed by atoms with Crippen LogP contribution in [0.2, 0.25) is 0 Å². The highest BCUT2D eigenvalue weighted by Gasteiger charge is 2.13. The van der Waals surface area contributed by atoms with E-state index in [1.165, 1.54) is 7.11 Å². The summed E-state index contributed by atoms with van der Waals surface area (Å²) in [6, 6.07) is 3.30. The number of hydrogen-bond donors (Lipinski definition) is 1. The molecular weight excluding hydrogens is 288 g/mol. The summed E-state index contributed by atoms with van der Waals surface area (Å²) < 4.78 is 4.58. The molecule has 7 heteroatoms. The van der Waals surface area contributed by atoms with E-state index in [0.717, 1.165) is 10.7 Å². The smallest absolute Gasteiger partial charge is 0.358 e. The van der Waals surface area contributed by atoms with Gasteiger partial charge in [0, 0.05) is 11.3 Å². The van der Waals surface area contributed by atoms with Crippen LogP contribution in [-0.4, -0.2) is 28.3 Å². The van der Waals surface area contributed by atoms with Crippen LogP contribution in [-0.2, 0) is 4.74 Å². The number of thiazole rings is 1. The molecule has 2 aromatic rings. The molecule has 0 aliphatic carbocycles. The van der Waals surface area contributed by atoms with E-state index in [9.17, 15) is 4.79 Å². The number of esters is 1. The van der Waals surface area contributed by atoms with Gasteiger partial charge in [0.25, 0.3) is 0 Å². The van der Waals surface area contributed by atoms with Gasteiger partial charge in [0.05, 0.1) is 23.9 Å². The van der Waals surface area contributed by atoms with Crippen molar-refractivity contribution in [3.63, 3.8) is 0 Å². The molecule has 0 amide bonds. The van der Waals surface area contributed by atoms with Crippen LogP contribution >= 0.6 is 11.3 Å². The van der Waals surface area contributed by atoms with E-state index in [-0.39, 0.29) is 11.7 Å². The predicted octanol–water partition coefficient (Wildman–Crippen LogP) is 3.02. The van der Waals surface area contributed by atoms with Crippen molar-refractivity contribution in [1.82, 2.24) is 15.2 Å². The quantitative estimate of drug-likeness (QED) is 0.856. The lowest BCUT2D eigenvalue weighted by Gasteiger charge is -2.11. The van der Waals surface area contributed by atoms with Crippen molar-refractivity contribution in [2.45, 2.75) is 32.7 Å². The molecule has 0 fully saturated rings. The summed E-state index contributed by atoms with van der Waals surface area (Å²) in [5.74, 6) is 0.521. The fourth-order valence-corrected chi connectivity index (χ4v) is 2.61. The standard InChI is InChI=1S/C14H18N4O2S/c1-8(2)13-16-11(7-21-13)9(3)15-12-6-5-10(17-18-12)14(19)20-4/h5-9H,1-4H3,(H,15,18)/t9-/m0/s1. The molecule has 0 aromatic carbocycles. The van der Waals surface area contributed by atoms with Crippen molar-refractivity contribution >= 4 is 23.1 Å². The Morgan fingerprint density at radius 3 is 2.57 bits per heavy atom. The van der Waals surface area contributed by atoms with E-state index < -0.39 is 5.97 Å². The van der Waals surface area contributed by atoms with Gasteiger partial charge in [0.1, 0.15) is 5.82 Å². The van der Waals surface area contributed by atoms with Gasteiger partial charge in [-0.2, -0.15) is 0 Å². The second kappa shape index (κ2) is 6.62. The van der Waals surface area contributed by atoms with Crippen LogP contribution < -0.4 is 5.32 Å². The number of rotatable bonds is 5. The molecule has 1 atom stereocenters. The minimum atomic E-state index is -0.497. The number of carbonyl (C=O) groups excluding carboxylic acids is 1. The number of aromatic nitrogens is 3. The van der Waals surface area contributed by atoms with Gasteiger partial charge in [-0.25, -0.2) is 9.78 Å². The third-order valence-corrected chi connectivity index (χ3v) is 4.06. The molecule has 21 heavy (non-hydrogen) atoms. The zero-order valence-corrected chi connectivity index (χ0v) is 13.3. The fourth-order valence-electron chi connectivity index (χ4n) is 1.68. The third-order valence-electron chi connectivity index (χ3n) is 2.90. The summed E-state index contributed by atoms with van der Waals surface area (Å²) in [5, 5.41) is 14.2. The second-order valence-electron chi connectivity index (χ2n) is 4.93. The van der Waals surface area contributed by atoms with Crippen LogP contribution in [0.1, 0.15) is 53.9 Å². The number of nitrogens with one attached hydrogen (secondary N) is 1. The lowest BCUT2D eigenvalue weighted by Crippen LogP contribution is -2.11. The maximum atomic E-state index is 11.3. The largest absolute Gasteiger partial charge is 0.464 e. The van der Waals surface area contributed by atoms with Gasteiger partial charge < -0.3 is 10.1 Å². The number of ether oxygens (including phenoxy) is 1. The molecule has 0 saturated heterocycles. The number of methoxy groups -OCH3 is 1. The van der Waals surface area contributed by atoms with Gasteiger partial charge in [-0.15, -0.1) is 21.5 Å². The van der Waals surface area contributed by atoms with Crippen molar-refractivity contribution in [3.05, 3.63) is 33.9 Å². The molecule has 2 rings (SSSR count). The van der Waals surface area contributed by atoms with Gasteiger partial charge in [-0.3, -0.25) is 0 Å². The highest BCUT2D eigenvalue weighted by atomic mass is 32.1. The molecule has 1 N–H and O–H groups in total. The number of hydrogen-bond acceptors (Lipinski definition) is 7. The molecule has 2 aromatic heterocycles. The molecule has 6 nitrogen and oxygen atoms in total. The molecule has 0 saturated carbocycles. The number of carbonyl (C=O) groups is 1. The van der Waals surface area contributed by atoms with Crippen LogP contribution in [0.25, 0.3) is 0 Å². The summed E-state index contributed by atoms with van der Waals surface area (Å²) in [6.45, 7) is 6.25. The minimum absolute atomic E-state index is 0.0204. The lowest BCUT2D eigenvalue weighted by molar-refractivity contribution is 0.0593. The monoisotopic (exact) mass is 306 g/mol. The van der Waals surface area contributed by atoms with Crippen LogP contribution in [0.4, 0.5) is 5.82 Å². The molecule has 0 aliphatic rings. The van der Waals surface area contributed by atoms with E-state index in [1.807, 2.05) is 12.3 Å². The Balaban J connectivity index is 2.04. The molecule has 112 valence electrons. The molecular formula is C14H18N4O2S. The first-order valence-electron chi connectivity index (χ1n) is 6.65. The zero-order valence-electron chi connectivity index (χ0n) is 12.5. The number of anilines is 1. The maximum Gasteiger partial charge on any atom is 0.358 e. The fraction of sp³-hybridized carbons (Fsp3) is 0.429. The summed E-state index contributed by atoms with van der Waals surface area (Å²) in [4.78, 5) is 15.9. The molecule has 2 heterocycles. The first-order valence-corrected chi connectivity index (χ1v) is 7.53. The minimum Gasteiger partial charge on any atom is -0.464 e. The molecule has 0 aliphatic heterocycles. The van der Waals surface area contributed by atoms with Crippen molar-refractivity contribution in [2.75, 3.05) is 12.4 Å². The average Bonchev–Trinajstić information content (AvgIpc) is 2.97. The summed E-state index contributed by atoms with van der Waals surface area (Å²) in [7, 11) is 1.31. The Kier molecular flexibility index (Phi) is 4.85. The summed E-state index contributed by atoms with van der Waals surface area (Å²) in [6.07, 6.45) is 0. The highest BCUT2D eigenvalue weighted by Crippen LogP contribution is 2.24. The lowest BCUT2D eigenvalue weighted by atomic mass is 10.2.